The largest absolute Gasteiger partial charge is 0.416 e. The lowest BCUT2D eigenvalue weighted by atomic mass is 10.1. The Hall–Kier alpha value is -3.46. The Kier molecular flexibility index (Phi) is 12.0. The molecule has 0 aliphatic carbocycles. The first-order chi connectivity index (χ1) is 24.8. The lowest BCUT2D eigenvalue weighted by Gasteiger charge is -2.33. The molecule has 0 unspecified atom stereocenters. The van der Waals surface area contributed by atoms with Crippen molar-refractivity contribution < 1.29 is 26.4 Å². The maximum Gasteiger partial charge on any atom is 0.416 e. The number of piperazine rings is 1. The van der Waals surface area contributed by atoms with Crippen LogP contribution in [-0.2, 0) is 22.9 Å². The third-order valence-corrected chi connectivity index (χ3v) is 12.0. The van der Waals surface area contributed by atoms with E-state index in [-0.39, 0.29) is 17.3 Å². The molecule has 10 nitrogen and oxygen atoms in total. The summed E-state index contributed by atoms with van der Waals surface area (Å²) in [5.74, 6) is 5.40. The van der Waals surface area contributed by atoms with Crippen LogP contribution in [0.25, 0.3) is 16.3 Å². The number of amides is 1. The van der Waals surface area contributed by atoms with Gasteiger partial charge in [0.05, 0.1) is 31.7 Å². The highest BCUT2D eigenvalue weighted by Gasteiger charge is 2.32. The number of rotatable bonds is 9. The van der Waals surface area contributed by atoms with Crippen molar-refractivity contribution in [1.29, 1.82) is 0 Å². The number of thiophene rings is 1. The number of halogens is 5. The van der Waals surface area contributed by atoms with Crippen molar-refractivity contribution in [2.75, 3.05) is 45.8 Å². The van der Waals surface area contributed by atoms with Crippen LogP contribution < -0.4 is 10.1 Å². The highest BCUT2D eigenvalue weighted by molar-refractivity contribution is 7.87. The third-order valence-electron chi connectivity index (χ3n) is 8.88. The van der Waals surface area contributed by atoms with E-state index in [1.165, 1.54) is 32.5 Å². The van der Waals surface area contributed by atoms with Crippen LogP contribution in [0, 0.1) is 11.8 Å². The van der Waals surface area contributed by atoms with E-state index in [1.54, 1.807) is 30.3 Å². The predicted octanol–water partition coefficient (Wildman–Crippen LogP) is 6.43. The summed E-state index contributed by atoms with van der Waals surface area (Å²) in [6, 6.07) is 12.9. The lowest BCUT2D eigenvalue weighted by molar-refractivity contribution is -0.137. The molecule has 0 atom stereocenters. The number of likely N-dealkylation sites (N-methyl/N-ethyl adjacent to an activating group) is 1. The Morgan fingerprint density at radius 1 is 0.942 bits per heavy atom. The summed E-state index contributed by atoms with van der Waals surface area (Å²) in [6.45, 7) is 5.78. The summed E-state index contributed by atoms with van der Waals surface area (Å²) in [5, 5.41) is 7.22. The van der Waals surface area contributed by atoms with Crippen molar-refractivity contribution in [3.05, 3.63) is 91.9 Å². The highest BCUT2D eigenvalue weighted by Crippen LogP contribution is 2.37. The van der Waals surface area contributed by atoms with Crippen LogP contribution >= 0.6 is 34.5 Å². The van der Waals surface area contributed by atoms with Crippen LogP contribution in [-0.4, -0.2) is 84.1 Å². The summed E-state index contributed by atoms with van der Waals surface area (Å²) < 4.78 is 72.0. The van der Waals surface area contributed by atoms with Gasteiger partial charge in [0.2, 0.25) is 0 Å². The summed E-state index contributed by atoms with van der Waals surface area (Å²) in [7, 11) is -3.95. The highest BCUT2D eigenvalue weighted by atomic mass is 35.5. The predicted molar refractivity (Wildman–Crippen MR) is 197 cm³/mol. The molecular formula is C35H36Cl2F3N7O3S2. The fraction of sp³-hybridized carbons (Fsp3) is 0.371. The van der Waals surface area contributed by atoms with Crippen LogP contribution in [0.5, 0.6) is 0 Å². The van der Waals surface area contributed by atoms with E-state index >= 15 is 0 Å². The van der Waals surface area contributed by atoms with Crippen LogP contribution in [0.2, 0.25) is 10.0 Å². The van der Waals surface area contributed by atoms with Gasteiger partial charge in [0, 0.05) is 62.0 Å². The number of hydrogen-bond acceptors (Lipinski definition) is 7. The zero-order chi connectivity index (χ0) is 37.0. The number of carbonyl (C=O) groups excluding carboxylic acids is 1. The number of aromatic nitrogens is 2. The van der Waals surface area contributed by atoms with Crippen molar-refractivity contribution in [3.63, 3.8) is 0 Å². The summed E-state index contributed by atoms with van der Waals surface area (Å²) >= 11 is 14.2. The molecule has 276 valence electrons. The van der Waals surface area contributed by atoms with E-state index < -0.39 is 27.9 Å². The Labute approximate surface area is 314 Å². The number of piperidine rings is 1. The molecule has 4 aromatic rings. The topological polar surface area (TPSA) is 103 Å². The van der Waals surface area contributed by atoms with Gasteiger partial charge in [-0.1, -0.05) is 48.4 Å². The van der Waals surface area contributed by atoms with E-state index in [2.05, 4.69) is 26.9 Å². The van der Waals surface area contributed by atoms with E-state index in [0.29, 0.717) is 76.6 Å². The second-order valence-corrected chi connectivity index (χ2v) is 16.0. The minimum atomic E-state index is -4.45. The molecule has 2 fully saturated rings. The van der Waals surface area contributed by atoms with Crippen molar-refractivity contribution in [2.45, 2.75) is 38.9 Å². The van der Waals surface area contributed by atoms with Crippen molar-refractivity contribution >= 4 is 50.7 Å². The van der Waals surface area contributed by atoms with Crippen LogP contribution in [0.1, 0.15) is 58.2 Å². The standard InChI is InChI=1S/C35H36Cl2F3N7O3S2/c1-2-44-18-20-46(21-19-44)52(49,50)41-23-28-32(34(48)43-45-16-4-3-5-17-45)42-47(30-14-11-26(36)22-29(30)37)33(28)31-15-13-27(51-31)12-8-24-6-9-25(10-7-24)35(38,39)40/h6-7,9-11,13-15,22,41H,2-5,16-21,23H2,1H3,(H,43,48). The van der Waals surface area contributed by atoms with Crippen LogP contribution in [0.4, 0.5) is 13.2 Å². The second kappa shape index (κ2) is 16.3. The number of benzene rings is 2. The Morgan fingerprint density at radius 3 is 2.31 bits per heavy atom. The van der Waals surface area contributed by atoms with Gasteiger partial charge in [-0.25, -0.2) is 9.69 Å². The maximum atomic E-state index is 14.0. The van der Waals surface area contributed by atoms with Gasteiger partial charge in [-0.2, -0.15) is 35.7 Å². The molecule has 2 aromatic carbocycles. The van der Waals surface area contributed by atoms with Gasteiger partial charge in [0.15, 0.2) is 5.69 Å². The van der Waals surface area contributed by atoms with Gasteiger partial charge < -0.3 is 4.90 Å². The molecule has 2 aliphatic heterocycles. The van der Waals surface area contributed by atoms with Gasteiger partial charge in [0.1, 0.15) is 0 Å². The zero-order valence-electron chi connectivity index (χ0n) is 28.1. The number of nitrogens with zero attached hydrogens (tertiary/aromatic N) is 5. The van der Waals surface area contributed by atoms with Gasteiger partial charge in [-0.05, 0) is 74.0 Å². The Balaban J connectivity index is 1.41. The molecule has 4 heterocycles. The Morgan fingerprint density at radius 2 is 1.65 bits per heavy atom. The molecule has 52 heavy (non-hydrogen) atoms. The van der Waals surface area contributed by atoms with E-state index in [1.807, 2.05) is 11.9 Å². The number of hydrazine groups is 1. The maximum absolute atomic E-state index is 14.0. The molecule has 0 spiro atoms. The van der Waals surface area contributed by atoms with E-state index in [0.717, 1.165) is 37.9 Å². The average molecular weight is 795 g/mol. The monoisotopic (exact) mass is 793 g/mol. The fourth-order valence-electron chi connectivity index (χ4n) is 6.03. The molecule has 2 aliphatic rings. The normalized spacial score (nSPS) is 16.4. The fourth-order valence-corrected chi connectivity index (χ4v) is 8.59. The first-order valence-corrected chi connectivity index (χ1v) is 19.7. The van der Waals surface area contributed by atoms with Crippen LogP contribution in [0.15, 0.2) is 54.6 Å². The van der Waals surface area contributed by atoms with Gasteiger partial charge in [0.25, 0.3) is 16.1 Å². The number of carbonyl (C=O) groups is 1. The quantitative estimate of drug-likeness (QED) is 0.190. The number of alkyl halides is 3. The molecular weight excluding hydrogens is 758 g/mol. The van der Waals surface area contributed by atoms with Crippen LogP contribution in [0.3, 0.4) is 0 Å². The van der Waals surface area contributed by atoms with Gasteiger partial charge in [-0.3, -0.25) is 10.2 Å². The molecule has 1 amide bonds. The minimum Gasteiger partial charge on any atom is -0.301 e. The molecule has 17 heteroatoms. The first kappa shape index (κ1) is 38.3. The third kappa shape index (κ3) is 9.00. The molecule has 6 rings (SSSR count). The molecule has 0 radical (unpaired) electrons. The smallest absolute Gasteiger partial charge is 0.301 e. The summed E-state index contributed by atoms with van der Waals surface area (Å²) in [6.07, 6.45) is -1.56. The minimum absolute atomic E-state index is 0.0101. The van der Waals surface area contributed by atoms with Crippen molar-refractivity contribution in [1.82, 2.24) is 34.1 Å². The zero-order valence-corrected chi connectivity index (χ0v) is 31.3. The first-order valence-electron chi connectivity index (χ1n) is 16.7. The van der Waals surface area contributed by atoms with Gasteiger partial charge in [-0.15, -0.1) is 11.3 Å². The second-order valence-electron chi connectivity index (χ2n) is 12.3. The lowest BCUT2D eigenvalue weighted by Crippen LogP contribution is -2.51. The molecule has 0 bridgehead atoms. The van der Waals surface area contributed by atoms with Crippen molar-refractivity contribution in [2.24, 2.45) is 0 Å². The molecule has 2 N–H and O–H groups in total. The SMILES string of the molecule is CCN1CCN(S(=O)(=O)NCc2c(C(=O)NN3CCCCC3)nn(-c3ccc(Cl)cc3Cl)c2-c2ccc(C#Cc3ccc(C(F)(F)F)cc3)s2)CC1. The van der Waals surface area contributed by atoms with E-state index in [9.17, 15) is 26.4 Å². The Bertz CT molecular complexity index is 2080. The summed E-state index contributed by atoms with van der Waals surface area (Å²) in [5.41, 5.74) is 3.73. The van der Waals surface area contributed by atoms with Crippen molar-refractivity contribution in [3.8, 4) is 28.1 Å². The van der Waals surface area contributed by atoms with Gasteiger partial charge >= 0.3 is 6.18 Å². The summed E-state index contributed by atoms with van der Waals surface area (Å²) in [4.78, 5) is 17.3. The molecule has 0 saturated carbocycles. The molecule has 2 saturated heterocycles. The molecule has 2 aromatic heterocycles. The number of nitrogens with one attached hydrogen (secondary N) is 2. The van der Waals surface area contributed by atoms with E-state index in [4.69, 9.17) is 28.3 Å². The number of hydrogen-bond donors (Lipinski definition) is 2. The average Bonchev–Trinajstić information content (AvgIpc) is 3.75.